The van der Waals surface area contributed by atoms with Gasteiger partial charge in [-0.2, -0.15) is 0 Å². The Balaban J connectivity index is 1.71. The summed E-state index contributed by atoms with van der Waals surface area (Å²) < 4.78 is 7.02. The maximum absolute atomic E-state index is 12.5. The molecule has 2 aromatic carbocycles. The third-order valence-corrected chi connectivity index (χ3v) is 6.00. The molecule has 0 saturated heterocycles. The van der Waals surface area contributed by atoms with Crippen LogP contribution < -0.4 is 10.1 Å². The first kappa shape index (κ1) is 20.5. The standard InChI is InChI=1S/C19H18Cl2N4O2S/c1-11(18(26)22-15-6-4-5-14(20)16(15)21)28-19-24-23-17(25(19)2)12-7-9-13(27-3)10-8-12/h4-11H,1-3H3,(H,22,26). The van der Waals surface area contributed by atoms with Gasteiger partial charge in [0, 0.05) is 12.6 Å². The van der Waals surface area contributed by atoms with Crippen LogP contribution in [0.1, 0.15) is 6.92 Å². The normalized spacial score (nSPS) is 11.9. The van der Waals surface area contributed by atoms with Gasteiger partial charge in [-0.05, 0) is 43.3 Å². The van der Waals surface area contributed by atoms with Gasteiger partial charge in [-0.1, -0.05) is 41.0 Å². The van der Waals surface area contributed by atoms with Crippen molar-refractivity contribution in [2.24, 2.45) is 7.05 Å². The van der Waals surface area contributed by atoms with Gasteiger partial charge in [-0.15, -0.1) is 10.2 Å². The smallest absolute Gasteiger partial charge is 0.237 e. The molecule has 146 valence electrons. The third-order valence-electron chi connectivity index (χ3n) is 4.04. The van der Waals surface area contributed by atoms with Crippen molar-refractivity contribution in [3.05, 3.63) is 52.5 Å². The monoisotopic (exact) mass is 436 g/mol. The number of carbonyl (C=O) groups is 1. The Labute approximate surface area is 177 Å². The van der Waals surface area contributed by atoms with Crippen molar-refractivity contribution in [1.82, 2.24) is 14.8 Å². The first-order chi connectivity index (χ1) is 13.4. The van der Waals surface area contributed by atoms with Crippen molar-refractivity contribution in [3.63, 3.8) is 0 Å². The highest BCUT2D eigenvalue weighted by Gasteiger charge is 2.20. The van der Waals surface area contributed by atoms with Gasteiger partial charge >= 0.3 is 0 Å². The number of methoxy groups -OCH3 is 1. The highest BCUT2D eigenvalue weighted by atomic mass is 35.5. The van der Waals surface area contributed by atoms with Crippen LogP contribution in [0.25, 0.3) is 11.4 Å². The molecular formula is C19H18Cl2N4O2S. The molecule has 0 spiro atoms. The van der Waals surface area contributed by atoms with Crippen molar-refractivity contribution in [2.45, 2.75) is 17.3 Å². The molecule has 28 heavy (non-hydrogen) atoms. The highest BCUT2D eigenvalue weighted by molar-refractivity contribution is 8.00. The van der Waals surface area contributed by atoms with Crippen LogP contribution in [0.2, 0.25) is 10.0 Å². The minimum absolute atomic E-state index is 0.205. The number of ether oxygens (including phenoxy) is 1. The molecule has 1 amide bonds. The summed E-state index contributed by atoms with van der Waals surface area (Å²) in [5, 5.41) is 12.2. The average molecular weight is 437 g/mol. The maximum Gasteiger partial charge on any atom is 0.237 e. The number of aromatic nitrogens is 3. The molecule has 0 fully saturated rings. The van der Waals surface area contributed by atoms with Crippen LogP contribution in [0.5, 0.6) is 5.75 Å². The number of carbonyl (C=O) groups excluding carboxylic acids is 1. The zero-order valence-corrected chi connectivity index (χ0v) is 17.8. The van der Waals surface area contributed by atoms with Crippen molar-refractivity contribution in [1.29, 1.82) is 0 Å². The lowest BCUT2D eigenvalue weighted by molar-refractivity contribution is -0.115. The number of nitrogens with zero attached hydrogens (tertiary/aromatic N) is 3. The molecule has 1 aromatic heterocycles. The number of thioether (sulfide) groups is 1. The van der Waals surface area contributed by atoms with E-state index in [1.165, 1.54) is 11.8 Å². The Kier molecular flexibility index (Phi) is 6.49. The quantitative estimate of drug-likeness (QED) is 0.555. The van der Waals surface area contributed by atoms with E-state index in [1.54, 1.807) is 32.2 Å². The zero-order chi connectivity index (χ0) is 20.3. The summed E-state index contributed by atoms with van der Waals surface area (Å²) in [5.41, 5.74) is 1.38. The van der Waals surface area contributed by atoms with Crippen LogP contribution in [0.4, 0.5) is 5.69 Å². The number of amides is 1. The second kappa shape index (κ2) is 8.86. The molecule has 0 aliphatic rings. The SMILES string of the molecule is COc1ccc(-c2nnc(SC(C)C(=O)Nc3cccc(Cl)c3Cl)n2C)cc1. The molecular weight excluding hydrogens is 419 g/mol. The number of benzene rings is 2. The van der Waals surface area contributed by atoms with E-state index in [4.69, 9.17) is 27.9 Å². The number of hydrogen-bond acceptors (Lipinski definition) is 5. The molecule has 1 N–H and O–H groups in total. The third kappa shape index (κ3) is 4.43. The van der Waals surface area contributed by atoms with Gasteiger partial charge in [0.15, 0.2) is 11.0 Å². The second-order valence-electron chi connectivity index (χ2n) is 5.94. The van der Waals surface area contributed by atoms with Crippen molar-refractivity contribution >= 4 is 46.6 Å². The topological polar surface area (TPSA) is 69.0 Å². The fourth-order valence-electron chi connectivity index (χ4n) is 2.46. The fraction of sp³-hybridized carbons (Fsp3) is 0.211. The van der Waals surface area contributed by atoms with Crippen molar-refractivity contribution < 1.29 is 9.53 Å². The molecule has 1 atom stereocenters. The predicted molar refractivity (Wildman–Crippen MR) is 113 cm³/mol. The summed E-state index contributed by atoms with van der Waals surface area (Å²) >= 11 is 13.4. The summed E-state index contributed by atoms with van der Waals surface area (Å²) in [6.07, 6.45) is 0. The van der Waals surface area contributed by atoms with Crippen LogP contribution in [0.3, 0.4) is 0 Å². The van der Waals surface area contributed by atoms with Gasteiger partial charge in [0.2, 0.25) is 5.91 Å². The number of halogens is 2. The Morgan fingerprint density at radius 2 is 1.89 bits per heavy atom. The Hall–Kier alpha value is -2.22. The van der Waals surface area contributed by atoms with E-state index in [9.17, 15) is 4.79 Å². The van der Waals surface area contributed by atoms with Crippen LogP contribution >= 0.6 is 35.0 Å². The lowest BCUT2D eigenvalue weighted by atomic mass is 10.2. The summed E-state index contributed by atoms with van der Waals surface area (Å²) in [4.78, 5) is 12.5. The number of hydrogen-bond donors (Lipinski definition) is 1. The van der Waals surface area contributed by atoms with Gasteiger partial charge in [0.1, 0.15) is 5.75 Å². The number of nitrogens with one attached hydrogen (secondary N) is 1. The molecule has 0 saturated carbocycles. The van der Waals surface area contributed by atoms with Crippen LogP contribution in [0, 0.1) is 0 Å². The molecule has 1 unspecified atom stereocenters. The Bertz CT molecular complexity index is 992. The number of anilines is 1. The summed E-state index contributed by atoms with van der Waals surface area (Å²) in [6, 6.07) is 12.6. The van der Waals surface area contributed by atoms with Gasteiger partial charge in [0.05, 0.1) is 28.1 Å². The van der Waals surface area contributed by atoms with Crippen LogP contribution in [-0.2, 0) is 11.8 Å². The van der Waals surface area contributed by atoms with Crippen LogP contribution in [0.15, 0.2) is 47.6 Å². The first-order valence-electron chi connectivity index (χ1n) is 8.36. The molecule has 1 heterocycles. The molecule has 0 bridgehead atoms. The van der Waals surface area contributed by atoms with Crippen LogP contribution in [-0.4, -0.2) is 33.0 Å². The minimum Gasteiger partial charge on any atom is -0.497 e. The molecule has 9 heteroatoms. The Morgan fingerprint density at radius 1 is 1.18 bits per heavy atom. The summed E-state index contributed by atoms with van der Waals surface area (Å²) in [7, 11) is 3.48. The van der Waals surface area contributed by atoms with E-state index in [0.29, 0.717) is 26.7 Å². The number of rotatable bonds is 6. The first-order valence-corrected chi connectivity index (χ1v) is 9.99. The Morgan fingerprint density at radius 3 is 2.57 bits per heavy atom. The van der Waals surface area contributed by atoms with Crippen molar-refractivity contribution in [3.8, 4) is 17.1 Å². The fourth-order valence-corrected chi connectivity index (χ4v) is 3.62. The van der Waals surface area contributed by atoms with Gasteiger partial charge in [-0.3, -0.25) is 4.79 Å². The molecule has 0 radical (unpaired) electrons. The molecule has 0 aliphatic heterocycles. The van der Waals surface area contributed by atoms with E-state index in [-0.39, 0.29) is 5.91 Å². The second-order valence-corrected chi connectivity index (χ2v) is 8.04. The summed E-state index contributed by atoms with van der Waals surface area (Å²) in [6.45, 7) is 1.79. The molecule has 0 aliphatic carbocycles. The molecule has 3 rings (SSSR count). The van der Waals surface area contributed by atoms with Crippen molar-refractivity contribution in [2.75, 3.05) is 12.4 Å². The molecule has 6 nitrogen and oxygen atoms in total. The lowest BCUT2D eigenvalue weighted by Gasteiger charge is -2.13. The van der Waals surface area contributed by atoms with Gasteiger partial charge < -0.3 is 14.6 Å². The van der Waals surface area contributed by atoms with E-state index >= 15 is 0 Å². The van der Waals surface area contributed by atoms with E-state index in [1.807, 2.05) is 35.9 Å². The predicted octanol–water partition coefficient (Wildman–Crippen LogP) is 4.92. The minimum atomic E-state index is -0.415. The highest BCUT2D eigenvalue weighted by Crippen LogP contribution is 2.31. The largest absolute Gasteiger partial charge is 0.497 e. The van der Waals surface area contributed by atoms with E-state index in [2.05, 4.69) is 15.5 Å². The average Bonchev–Trinajstić information content (AvgIpc) is 3.05. The van der Waals surface area contributed by atoms with Gasteiger partial charge in [0.25, 0.3) is 0 Å². The van der Waals surface area contributed by atoms with E-state index < -0.39 is 5.25 Å². The van der Waals surface area contributed by atoms with E-state index in [0.717, 1.165) is 11.3 Å². The zero-order valence-electron chi connectivity index (χ0n) is 15.4. The lowest BCUT2D eigenvalue weighted by Crippen LogP contribution is -2.23. The molecule has 3 aromatic rings. The maximum atomic E-state index is 12.5. The van der Waals surface area contributed by atoms with Gasteiger partial charge in [-0.25, -0.2) is 0 Å². The summed E-state index contributed by atoms with van der Waals surface area (Å²) in [5.74, 6) is 1.27.